The molecule has 3 nitrogen and oxygen atoms in total. The lowest BCUT2D eigenvalue weighted by atomic mass is 9.86. The molecule has 1 aliphatic rings. The molecular formula is C12H24N2OS. The van der Waals surface area contributed by atoms with Crippen molar-refractivity contribution in [3.8, 4) is 0 Å². The Morgan fingerprint density at radius 1 is 1.50 bits per heavy atom. The van der Waals surface area contributed by atoms with Gasteiger partial charge in [0, 0.05) is 6.04 Å². The van der Waals surface area contributed by atoms with Crippen LogP contribution >= 0.6 is 11.8 Å². The number of carbonyl (C=O) groups excluding carboxylic acids is 1. The van der Waals surface area contributed by atoms with Crippen LogP contribution in [-0.4, -0.2) is 30.0 Å². The lowest BCUT2D eigenvalue weighted by molar-refractivity contribution is -0.123. The fourth-order valence-corrected chi connectivity index (χ4v) is 2.69. The van der Waals surface area contributed by atoms with E-state index in [1.54, 1.807) is 11.8 Å². The summed E-state index contributed by atoms with van der Waals surface area (Å²) in [4.78, 5) is 11.8. The minimum absolute atomic E-state index is 0.0350. The zero-order chi connectivity index (χ0) is 12.0. The maximum Gasteiger partial charge on any atom is 0.237 e. The molecule has 16 heavy (non-hydrogen) atoms. The van der Waals surface area contributed by atoms with Crippen molar-refractivity contribution in [2.24, 2.45) is 11.7 Å². The summed E-state index contributed by atoms with van der Waals surface area (Å²) in [5.41, 5.74) is 5.84. The van der Waals surface area contributed by atoms with Crippen molar-refractivity contribution in [1.82, 2.24) is 5.32 Å². The number of hydrogen-bond donors (Lipinski definition) is 2. The molecule has 0 aromatic carbocycles. The van der Waals surface area contributed by atoms with E-state index in [1.807, 2.05) is 6.26 Å². The summed E-state index contributed by atoms with van der Waals surface area (Å²) in [5, 5.41) is 3.10. The third-order valence-corrected chi connectivity index (χ3v) is 4.05. The molecule has 0 saturated heterocycles. The highest BCUT2D eigenvalue weighted by atomic mass is 32.2. The summed E-state index contributed by atoms with van der Waals surface area (Å²) < 4.78 is 0. The van der Waals surface area contributed by atoms with E-state index in [0.29, 0.717) is 12.0 Å². The maximum atomic E-state index is 11.8. The van der Waals surface area contributed by atoms with Crippen LogP contribution in [0.25, 0.3) is 0 Å². The number of nitrogens with one attached hydrogen (secondary N) is 1. The van der Waals surface area contributed by atoms with Crippen LogP contribution in [0.2, 0.25) is 0 Å². The van der Waals surface area contributed by atoms with E-state index >= 15 is 0 Å². The van der Waals surface area contributed by atoms with E-state index in [1.165, 1.54) is 19.3 Å². The van der Waals surface area contributed by atoms with Gasteiger partial charge in [-0.25, -0.2) is 0 Å². The fraction of sp³-hybridized carbons (Fsp3) is 0.917. The van der Waals surface area contributed by atoms with E-state index in [-0.39, 0.29) is 11.9 Å². The van der Waals surface area contributed by atoms with Crippen molar-refractivity contribution in [3.63, 3.8) is 0 Å². The number of rotatable bonds is 5. The average Bonchev–Trinajstić information content (AvgIpc) is 2.28. The van der Waals surface area contributed by atoms with Gasteiger partial charge < -0.3 is 11.1 Å². The predicted octanol–water partition coefficient (Wildman–Crippen LogP) is 1.76. The molecule has 0 heterocycles. The van der Waals surface area contributed by atoms with Crippen LogP contribution in [-0.2, 0) is 4.79 Å². The summed E-state index contributed by atoms with van der Waals surface area (Å²) in [7, 11) is 0. The Kier molecular flexibility index (Phi) is 6.21. The van der Waals surface area contributed by atoms with E-state index in [4.69, 9.17) is 5.73 Å². The molecule has 0 aromatic rings. The second kappa shape index (κ2) is 7.17. The molecule has 0 aromatic heterocycles. The summed E-state index contributed by atoms with van der Waals surface area (Å²) in [6.45, 7) is 2.22. The van der Waals surface area contributed by atoms with Crippen molar-refractivity contribution in [3.05, 3.63) is 0 Å². The highest BCUT2D eigenvalue weighted by molar-refractivity contribution is 7.98. The summed E-state index contributed by atoms with van der Waals surface area (Å²) in [5.74, 6) is 1.59. The average molecular weight is 244 g/mol. The van der Waals surface area contributed by atoms with Crippen LogP contribution in [0.1, 0.15) is 39.0 Å². The van der Waals surface area contributed by atoms with Crippen molar-refractivity contribution < 1.29 is 4.79 Å². The third-order valence-electron chi connectivity index (χ3n) is 3.41. The Morgan fingerprint density at radius 2 is 2.19 bits per heavy atom. The van der Waals surface area contributed by atoms with Crippen LogP contribution in [0.15, 0.2) is 0 Å². The Morgan fingerprint density at radius 3 is 2.81 bits per heavy atom. The second-order valence-electron chi connectivity index (χ2n) is 4.76. The molecule has 4 heteroatoms. The van der Waals surface area contributed by atoms with Crippen LogP contribution in [0.4, 0.5) is 0 Å². The normalized spacial score (nSPS) is 27.4. The van der Waals surface area contributed by atoms with E-state index in [0.717, 1.165) is 18.6 Å². The predicted molar refractivity (Wildman–Crippen MR) is 70.5 cm³/mol. The van der Waals surface area contributed by atoms with Gasteiger partial charge in [0.2, 0.25) is 5.91 Å². The lowest BCUT2D eigenvalue weighted by Gasteiger charge is -2.30. The molecule has 3 N–H and O–H groups in total. The molecule has 94 valence electrons. The molecule has 1 rings (SSSR count). The highest BCUT2D eigenvalue weighted by Crippen LogP contribution is 2.23. The second-order valence-corrected chi connectivity index (χ2v) is 5.75. The van der Waals surface area contributed by atoms with Gasteiger partial charge in [-0.05, 0) is 37.2 Å². The first kappa shape index (κ1) is 13.8. The third kappa shape index (κ3) is 4.34. The highest BCUT2D eigenvalue weighted by Gasteiger charge is 2.24. The van der Waals surface area contributed by atoms with Gasteiger partial charge in [0.25, 0.3) is 0 Å². The molecule has 0 aliphatic heterocycles. The van der Waals surface area contributed by atoms with E-state index in [2.05, 4.69) is 12.2 Å². The molecule has 3 atom stereocenters. The largest absolute Gasteiger partial charge is 0.352 e. The first-order valence-corrected chi connectivity index (χ1v) is 7.59. The van der Waals surface area contributed by atoms with Crippen LogP contribution < -0.4 is 11.1 Å². The van der Waals surface area contributed by atoms with Gasteiger partial charge in [-0.1, -0.05) is 19.8 Å². The zero-order valence-corrected chi connectivity index (χ0v) is 11.2. The SMILES string of the molecule is CSCC[C@H](N)C(=O)NC1CCCCC1C. The number of amides is 1. The Bertz CT molecular complexity index is 223. The maximum absolute atomic E-state index is 11.8. The number of nitrogens with two attached hydrogens (primary N) is 1. The summed E-state index contributed by atoms with van der Waals surface area (Å²) >= 11 is 1.73. The quantitative estimate of drug-likeness (QED) is 0.775. The monoisotopic (exact) mass is 244 g/mol. The molecule has 1 saturated carbocycles. The van der Waals surface area contributed by atoms with E-state index in [9.17, 15) is 4.79 Å². The molecule has 0 radical (unpaired) electrons. The van der Waals surface area contributed by atoms with Crippen molar-refractivity contribution in [2.45, 2.75) is 51.1 Å². The molecule has 1 aliphatic carbocycles. The van der Waals surface area contributed by atoms with Crippen LogP contribution in [0.3, 0.4) is 0 Å². The van der Waals surface area contributed by atoms with E-state index < -0.39 is 0 Å². The van der Waals surface area contributed by atoms with Gasteiger partial charge in [-0.15, -0.1) is 0 Å². The van der Waals surface area contributed by atoms with Gasteiger partial charge in [0.1, 0.15) is 0 Å². The minimum Gasteiger partial charge on any atom is -0.352 e. The molecular weight excluding hydrogens is 220 g/mol. The summed E-state index contributed by atoms with van der Waals surface area (Å²) in [6, 6.07) is 0.0168. The van der Waals surface area contributed by atoms with Crippen molar-refractivity contribution in [2.75, 3.05) is 12.0 Å². The fourth-order valence-electron chi connectivity index (χ4n) is 2.20. The minimum atomic E-state index is -0.332. The van der Waals surface area contributed by atoms with Gasteiger partial charge in [-0.2, -0.15) is 11.8 Å². The van der Waals surface area contributed by atoms with Gasteiger partial charge in [0.15, 0.2) is 0 Å². The standard InChI is InChI=1S/C12H24N2OS/c1-9-5-3-4-6-11(9)14-12(15)10(13)7-8-16-2/h9-11H,3-8,13H2,1-2H3,(H,14,15)/t9?,10-,11?/m0/s1. The number of hydrogen-bond acceptors (Lipinski definition) is 3. The van der Waals surface area contributed by atoms with Crippen LogP contribution in [0.5, 0.6) is 0 Å². The first-order valence-electron chi connectivity index (χ1n) is 6.20. The van der Waals surface area contributed by atoms with Crippen molar-refractivity contribution >= 4 is 17.7 Å². The van der Waals surface area contributed by atoms with Crippen molar-refractivity contribution in [1.29, 1.82) is 0 Å². The number of thioether (sulfide) groups is 1. The zero-order valence-electron chi connectivity index (χ0n) is 10.4. The molecule has 0 spiro atoms. The summed E-state index contributed by atoms with van der Waals surface area (Å²) in [6.07, 6.45) is 7.68. The van der Waals surface area contributed by atoms with Gasteiger partial charge in [-0.3, -0.25) is 4.79 Å². The smallest absolute Gasteiger partial charge is 0.237 e. The molecule has 1 amide bonds. The lowest BCUT2D eigenvalue weighted by Crippen LogP contribution is -2.48. The molecule has 0 bridgehead atoms. The Hall–Kier alpha value is -0.220. The van der Waals surface area contributed by atoms with Gasteiger partial charge in [0.05, 0.1) is 6.04 Å². The Labute approximate surface area is 103 Å². The molecule has 2 unspecified atom stereocenters. The number of carbonyl (C=O) groups is 1. The molecule has 1 fully saturated rings. The Balaban J connectivity index is 2.31. The first-order chi connectivity index (χ1) is 7.65. The topological polar surface area (TPSA) is 55.1 Å². The van der Waals surface area contributed by atoms with Crippen LogP contribution in [0, 0.1) is 5.92 Å². The van der Waals surface area contributed by atoms with Gasteiger partial charge >= 0.3 is 0 Å².